The fourth-order valence-electron chi connectivity index (χ4n) is 1.15. The van der Waals surface area contributed by atoms with E-state index in [2.05, 4.69) is 15.6 Å². The molecule has 1 heterocycles. The zero-order valence-electron chi connectivity index (χ0n) is 9.96. The predicted octanol–water partition coefficient (Wildman–Crippen LogP) is 1.98. The summed E-state index contributed by atoms with van der Waals surface area (Å²) in [6.45, 7) is 6.51. The van der Waals surface area contributed by atoms with E-state index in [-0.39, 0.29) is 24.2 Å². The summed E-state index contributed by atoms with van der Waals surface area (Å²) in [6, 6.07) is 0. The Morgan fingerprint density at radius 2 is 2.12 bits per heavy atom. The minimum atomic E-state index is -0.0421. The number of hydrogen-bond donors (Lipinski definition) is 2. The molecule has 0 aliphatic heterocycles. The van der Waals surface area contributed by atoms with Gasteiger partial charge < -0.3 is 10.6 Å². The number of thiazole rings is 1. The van der Waals surface area contributed by atoms with E-state index in [9.17, 15) is 4.79 Å². The van der Waals surface area contributed by atoms with E-state index >= 15 is 0 Å². The van der Waals surface area contributed by atoms with Crippen molar-refractivity contribution in [1.82, 2.24) is 10.3 Å². The van der Waals surface area contributed by atoms with Crippen molar-refractivity contribution in [2.24, 2.45) is 5.92 Å². The van der Waals surface area contributed by atoms with E-state index in [0.29, 0.717) is 11.7 Å². The highest BCUT2D eigenvalue weighted by atomic mass is 35.5. The Kier molecular flexibility index (Phi) is 6.55. The minimum Gasteiger partial charge on any atom is -0.319 e. The normalized spacial score (nSPS) is 11.8. The number of carbonyl (C=O) groups excluding carboxylic acids is 1. The third-order valence-electron chi connectivity index (χ3n) is 2.22. The molecule has 16 heavy (non-hydrogen) atoms. The number of hydrogen-bond acceptors (Lipinski definition) is 4. The second kappa shape index (κ2) is 6.83. The molecule has 1 aromatic rings. The van der Waals surface area contributed by atoms with Crippen LogP contribution in [0.25, 0.3) is 0 Å². The van der Waals surface area contributed by atoms with Gasteiger partial charge in [-0.2, -0.15) is 0 Å². The summed E-state index contributed by atoms with van der Waals surface area (Å²) < 4.78 is 0. The number of aromatic nitrogens is 1. The van der Waals surface area contributed by atoms with Crippen molar-refractivity contribution < 1.29 is 4.79 Å². The third kappa shape index (κ3) is 4.08. The largest absolute Gasteiger partial charge is 0.319 e. The van der Waals surface area contributed by atoms with Gasteiger partial charge in [-0.3, -0.25) is 4.79 Å². The van der Waals surface area contributed by atoms with E-state index in [1.807, 2.05) is 27.8 Å². The van der Waals surface area contributed by atoms with E-state index in [1.54, 1.807) is 0 Å². The van der Waals surface area contributed by atoms with Crippen LogP contribution in [0.1, 0.15) is 17.5 Å². The Morgan fingerprint density at radius 1 is 1.50 bits per heavy atom. The number of halogens is 1. The summed E-state index contributed by atoms with van der Waals surface area (Å²) in [5.74, 6) is -0.0300. The average molecular weight is 264 g/mol. The molecular formula is C10H18ClN3OS. The first-order chi connectivity index (χ1) is 7.04. The molecule has 0 aliphatic carbocycles. The van der Waals surface area contributed by atoms with Crippen LogP contribution in [-0.4, -0.2) is 24.5 Å². The van der Waals surface area contributed by atoms with Crippen LogP contribution in [0.15, 0.2) is 0 Å². The fourth-order valence-corrected chi connectivity index (χ4v) is 1.97. The highest BCUT2D eigenvalue weighted by Gasteiger charge is 2.13. The quantitative estimate of drug-likeness (QED) is 0.873. The first-order valence-electron chi connectivity index (χ1n) is 4.94. The molecule has 2 N–H and O–H groups in total. The third-order valence-corrected chi connectivity index (χ3v) is 3.20. The van der Waals surface area contributed by atoms with Gasteiger partial charge in [-0.1, -0.05) is 6.92 Å². The van der Waals surface area contributed by atoms with Crippen LogP contribution in [0.4, 0.5) is 5.13 Å². The van der Waals surface area contributed by atoms with Crippen LogP contribution < -0.4 is 10.6 Å². The van der Waals surface area contributed by atoms with Gasteiger partial charge in [0.25, 0.3) is 0 Å². The highest BCUT2D eigenvalue weighted by molar-refractivity contribution is 7.15. The van der Waals surface area contributed by atoms with Crippen molar-refractivity contribution in [3.8, 4) is 0 Å². The maximum absolute atomic E-state index is 11.6. The Morgan fingerprint density at radius 3 is 2.56 bits per heavy atom. The second-order valence-electron chi connectivity index (χ2n) is 3.61. The van der Waals surface area contributed by atoms with E-state index in [4.69, 9.17) is 0 Å². The Bertz CT molecular complexity index is 334. The van der Waals surface area contributed by atoms with Crippen LogP contribution in [0.5, 0.6) is 0 Å². The molecule has 4 nitrogen and oxygen atoms in total. The monoisotopic (exact) mass is 263 g/mol. The number of aryl methyl sites for hydroxylation is 2. The standard InChI is InChI=1S/C10H17N3OS.ClH/c1-6(5-11-4)9(14)13-10-12-7(2)8(3)15-10;/h6,11H,5H2,1-4H3,(H,12,13,14);1H. The molecule has 1 rings (SSSR count). The highest BCUT2D eigenvalue weighted by Crippen LogP contribution is 2.21. The Balaban J connectivity index is 0.00000225. The molecule has 1 unspecified atom stereocenters. The Hall–Kier alpha value is -0.650. The maximum atomic E-state index is 11.6. The summed E-state index contributed by atoms with van der Waals surface area (Å²) in [5, 5.41) is 6.48. The van der Waals surface area contributed by atoms with Crippen LogP contribution in [-0.2, 0) is 4.79 Å². The van der Waals surface area contributed by atoms with Crippen LogP contribution in [0.2, 0.25) is 0 Å². The summed E-state index contributed by atoms with van der Waals surface area (Å²) in [7, 11) is 1.83. The molecule has 0 fully saturated rings. The van der Waals surface area contributed by atoms with Gasteiger partial charge in [-0.15, -0.1) is 23.7 Å². The van der Waals surface area contributed by atoms with Crippen LogP contribution in [0, 0.1) is 19.8 Å². The van der Waals surface area contributed by atoms with Gasteiger partial charge in [0.1, 0.15) is 0 Å². The van der Waals surface area contributed by atoms with Crippen LogP contribution >= 0.6 is 23.7 Å². The molecule has 0 saturated carbocycles. The zero-order valence-corrected chi connectivity index (χ0v) is 11.6. The lowest BCUT2D eigenvalue weighted by Gasteiger charge is -2.09. The summed E-state index contributed by atoms with van der Waals surface area (Å²) in [4.78, 5) is 17.0. The van der Waals surface area contributed by atoms with Crippen molar-refractivity contribution in [2.75, 3.05) is 18.9 Å². The van der Waals surface area contributed by atoms with Crippen molar-refractivity contribution in [3.63, 3.8) is 0 Å². The summed E-state index contributed by atoms with van der Waals surface area (Å²) in [5.41, 5.74) is 0.983. The summed E-state index contributed by atoms with van der Waals surface area (Å²) >= 11 is 1.51. The second-order valence-corrected chi connectivity index (χ2v) is 4.81. The molecule has 1 atom stereocenters. The van der Waals surface area contributed by atoms with Gasteiger partial charge in [0.2, 0.25) is 5.91 Å². The van der Waals surface area contributed by atoms with Crippen molar-refractivity contribution in [2.45, 2.75) is 20.8 Å². The number of nitrogens with one attached hydrogen (secondary N) is 2. The van der Waals surface area contributed by atoms with Gasteiger partial charge in [0.05, 0.1) is 5.69 Å². The van der Waals surface area contributed by atoms with Gasteiger partial charge >= 0.3 is 0 Å². The van der Waals surface area contributed by atoms with Gasteiger partial charge in [-0.05, 0) is 20.9 Å². The molecule has 0 aliphatic rings. The number of amides is 1. The molecule has 1 aromatic heterocycles. The smallest absolute Gasteiger partial charge is 0.230 e. The maximum Gasteiger partial charge on any atom is 0.230 e. The molecular weight excluding hydrogens is 246 g/mol. The van der Waals surface area contributed by atoms with Crippen molar-refractivity contribution in [1.29, 1.82) is 0 Å². The first kappa shape index (κ1) is 15.3. The fraction of sp³-hybridized carbons (Fsp3) is 0.600. The van der Waals surface area contributed by atoms with Gasteiger partial charge in [-0.25, -0.2) is 4.98 Å². The Labute approximate surface area is 106 Å². The molecule has 0 spiro atoms. The van der Waals surface area contributed by atoms with E-state index in [1.165, 1.54) is 11.3 Å². The molecule has 1 amide bonds. The predicted molar refractivity (Wildman–Crippen MR) is 70.6 cm³/mol. The number of rotatable bonds is 4. The molecule has 0 radical (unpaired) electrons. The molecule has 0 saturated heterocycles. The van der Waals surface area contributed by atoms with Crippen molar-refractivity contribution >= 4 is 34.8 Å². The van der Waals surface area contributed by atoms with Crippen molar-refractivity contribution in [3.05, 3.63) is 10.6 Å². The number of anilines is 1. The lowest BCUT2D eigenvalue weighted by molar-refractivity contribution is -0.119. The SMILES string of the molecule is CNCC(C)C(=O)Nc1nc(C)c(C)s1.Cl. The van der Waals surface area contributed by atoms with Gasteiger partial charge in [0, 0.05) is 17.3 Å². The number of nitrogens with zero attached hydrogens (tertiary/aromatic N) is 1. The van der Waals surface area contributed by atoms with Gasteiger partial charge in [0.15, 0.2) is 5.13 Å². The lowest BCUT2D eigenvalue weighted by atomic mass is 10.2. The molecule has 0 bridgehead atoms. The zero-order chi connectivity index (χ0) is 11.4. The lowest BCUT2D eigenvalue weighted by Crippen LogP contribution is -2.28. The molecule has 6 heteroatoms. The first-order valence-corrected chi connectivity index (χ1v) is 5.75. The molecule has 92 valence electrons. The van der Waals surface area contributed by atoms with Crippen LogP contribution in [0.3, 0.4) is 0 Å². The topological polar surface area (TPSA) is 54.0 Å². The minimum absolute atomic E-state index is 0. The van der Waals surface area contributed by atoms with E-state index in [0.717, 1.165) is 10.6 Å². The number of carbonyl (C=O) groups is 1. The molecule has 0 aromatic carbocycles. The average Bonchev–Trinajstić information content (AvgIpc) is 2.46. The van der Waals surface area contributed by atoms with E-state index < -0.39 is 0 Å². The summed E-state index contributed by atoms with van der Waals surface area (Å²) in [6.07, 6.45) is 0.